The molecule has 5 heteroatoms. The molecule has 1 aromatic rings. The topological polar surface area (TPSA) is 39.1 Å². The van der Waals surface area contributed by atoms with Crippen molar-refractivity contribution in [3.8, 4) is 0 Å². The van der Waals surface area contributed by atoms with Crippen LogP contribution in [0.3, 0.4) is 0 Å². The van der Waals surface area contributed by atoms with E-state index in [4.69, 9.17) is 16.3 Å². The molecule has 0 aliphatic rings. The summed E-state index contributed by atoms with van der Waals surface area (Å²) in [5.41, 5.74) is 2.05. The van der Waals surface area contributed by atoms with Gasteiger partial charge in [-0.05, 0) is 32.2 Å². The van der Waals surface area contributed by atoms with E-state index in [9.17, 15) is 0 Å². The van der Waals surface area contributed by atoms with Crippen LogP contribution in [0.25, 0.3) is 0 Å². The molecule has 0 amide bonds. The van der Waals surface area contributed by atoms with Crippen LogP contribution < -0.4 is 5.32 Å². The fourth-order valence-electron chi connectivity index (χ4n) is 1.96. The molecule has 0 radical (unpaired) electrons. The maximum atomic E-state index is 6.23. The Morgan fingerprint density at radius 1 is 1.50 bits per heavy atom. The van der Waals surface area contributed by atoms with E-state index in [0.29, 0.717) is 5.92 Å². The van der Waals surface area contributed by atoms with Crippen LogP contribution in [0.5, 0.6) is 0 Å². The van der Waals surface area contributed by atoms with E-state index in [1.165, 1.54) is 0 Å². The standard InChI is InChI=1S/C13H24ClN3O/c1-10(9-15-7-8-18-4)5-6-12-13(14)11(2)16-17(12)3/h10,15H,5-9H2,1-4H3. The molecule has 1 aromatic heterocycles. The van der Waals surface area contributed by atoms with Gasteiger partial charge >= 0.3 is 0 Å². The quantitative estimate of drug-likeness (QED) is 0.738. The number of hydrogen-bond acceptors (Lipinski definition) is 3. The molecule has 0 saturated heterocycles. The predicted molar refractivity (Wildman–Crippen MR) is 75.2 cm³/mol. The molecule has 1 N–H and O–H groups in total. The van der Waals surface area contributed by atoms with Gasteiger partial charge in [-0.3, -0.25) is 4.68 Å². The number of aryl methyl sites for hydroxylation is 2. The number of ether oxygens (including phenoxy) is 1. The Morgan fingerprint density at radius 3 is 2.78 bits per heavy atom. The lowest BCUT2D eigenvalue weighted by Gasteiger charge is -2.12. The highest BCUT2D eigenvalue weighted by atomic mass is 35.5. The van der Waals surface area contributed by atoms with E-state index in [1.54, 1.807) is 7.11 Å². The van der Waals surface area contributed by atoms with E-state index >= 15 is 0 Å². The van der Waals surface area contributed by atoms with E-state index in [0.717, 1.165) is 48.9 Å². The molecule has 0 spiro atoms. The molecule has 1 unspecified atom stereocenters. The second-order valence-electron chi connectivity index (χ2n) is 4.81. The average molecular weight is 274 g/mol. The number of aromatic nitrogens is 2. The van der Waals surface area contributed by atoms with Gasteiger partial charge in [-0.2, -0.15) is 5.10 Å². The summed E-state index contributed by atoms with van der Waals surface area (Å²) in [6.45, 7) is 6.88. The molecule has 0 saturated carbocycles. The second kappa shape index (κ2) is 7.77. The number of halogens is 1. The van der Waals surface area contributed by atoms with Crippen molar-refractivity contribution in [2.24, 2.45) is 13.0 Å². The third-order valence-corrected chi connectivity index (χ3v) is 3.60. The number of hydrogen-bond donors (Lipinski definition) is 1. The van der Waals surface area contributed by atoms with Gasteiger partial charge in [0.1, 0.15) is 0 Å². The molecular formula is C13H24ClN3O. The average Bonchev–Trinajstić information content (AvgIpc) is 2.57. The summed E-state index contributed by atoms with van der Waals surface area (Å²) >= 11 is 6.23. The van der Waals surface area contributed by atoms with Gasteiger partial charge in [0, 0.05) is 20.7 Å². The third-order valence-electron chi connectivity index (χ3n) is 3.11. The Morgan fingerprint density at radius 2 is 2.22 bits per heavy atom. The first-order valence-corrected chi connectivity index (χ1v) is 6.81. The van der Waals surface area contributed by atoms with Gasteiger partial charge in [0.25, 0.3) is 0 Å². The van der Waals surface area contributed by atoms with Crippen LogP contribution >= 0.6 is 11.6 Å². The van der Waals surface area contributed by atoms with Crippen molar-refractivity contribution in [2.75, 3.05) is 26.8 Å². The first-order chi connectivity index (χ1) is 8.56. The molecule has 0 aliphatic carbocycles. The second-order valence-corrected chi connectivity index (χ2v) is 5.19. The van der Waals surface area contributed by atoms with Gasteiger partial charge in [-0.25, -0.2) is 0 Å². The summed E-state index contributed by atoms with van der Waals surface area (Å²) in [5.74, 6) is 0.619. The Bertz CT molecular complexity index is 365. The van der Waals surface area contributed by atoms with Gasteiger partial charge in [0.2, 0.25) is 0 Å². The summed E-state index contributed by atoms with van der Waals surface area (Å²) in [4.78, 5) is 0. The molecule has 0 bridgehead atoms. The van der Waals surface area contributed by atoms with Gasteiger partial charge in [0.05, 0.1) is 23.0 Å². The Balaban J connectivity index is 2.31. The SMILES string of the molecule is COCCNCC(C)CCc1c(Cl)c(C)nn1C. The van der Waals surface area contributed by atoms with Gasteiger partial charge in [-0.1, -0.05) is 18.5 Å². The maximum absolute atomic E-state index is 6.23. The molecular weight excluding hydrogens is 250 g/mol. The Hall–Kier alpha value is -0.580. The van der Waals surface area contributed by atoms with Gasteiger partial charge in [0.15, 0.2) is 0 Å². The predicted octanol–water partition coefficient (Wildman–Crippen LogP) is 2.19. The van der Waals surface area contributed by atoms with E-state index in [-0.39, 0.29) is 0 Å². The zero-order chi connectivity index (χ0) is 13.5. The van der Waals surface area contributed by atoms with Crippen LogP contribution in [-0.2, 0) is 18.2 Å². The van der Waals surface area contributed by atoms with E-state index < -0.39 is 0 Å². The Kier molecular flexibility index (Phi) is 6.68. The lowest BCUT2D eigenvalue weighted by molar-refractivity contribution is 0.198. The lowest BCUT2D eigenvalue weighted by Crippen LogP contribution is -2.25. The zero-order valence-electron chi connectivity index (χ0n) is 11.8. The van der Waals surface area contributed by atoms with Crippen molar-refractivity contribution in [3.05, 3.63) is 16.4 Å². The monoisotopic (exact) mass is 273 g/mol. The van der Waals surface area contributed by atoms with Gasteiger partial charge < -0.3 is 10.1 Å². The van der Waals surface area contributed by atoms with Crippen molar-refractivity contribution in [3.63, 3.8) is 0 Å². The highest BCUT2D eigenvalue weighted by Gasteiger charge is 2.12. The minimum Gasteiger partial charge on any atom is -0.383 e. The normalized spacial score (nSPS) is 12.9. The zero-order valence-corrected chi connectivity index (χ0v) is 12.5. The minimum atomic E-state index is 0.619. The number of methoxy groups -OCH3 is 1. The molecule has 18 heavy (non-hydrogen) atoms. The smallest absolute Gasteiger partial charge is 0.0846 e. The first kappa shape index (κ1) is 15.5. The highest BCUT2D eigenvalue weighted by Crippen LogP contribution is 2.21. The van der Waals surface area contributed by atoms with E-state index in [2.05, 4.69) is 17.3 Å². The van der Waals surface area contributed by atoms with Crippen molar-refractivity contribution in [2.45, 2.75) is 26.7 Å². The van der Waals surface area contributed by atoms with Crippen molar-refractivity contribution < 1.29 is 4.74 Å². The number of nitrogens with one attached hydrogen (secondary N) is 1. The van der Waals surface area contributed by atoms with Crippen LogP contribution in [0.2, 0.25) is 5.02 Å². The van der Waals surface area contributed by atoms with Crippen molar-refractivity contribution in [1.29, 1.82) is 0 Å². The van der Waals surface area contributed by atoms with Crippen LogP contribution in [0.4, 0.5) is 0 Å². The highest BCUT2D eigenvalue weighted by molar-refractivity contribution is 6.31. The maximum Gasteiger partial charge on any atom is 0.0846 e. The van der Waals surface area contributed by atoms with Crippen molar-refractivity contribution in [1.82, 2.24) is 15.1 Å². The number of rotatable bonds is 8. The van der Waals surface area contributed by atoms with Crippen LogP contribution in [0.1, 0.15) is 24.7 Å². The first-order valence-electron chi connectivity index (χ1n) is 6.43. The summed E-state index contributed by atoms with van der Waals surface area (Å²) in [6, 6.07) is 0. The Labute approximate surface area is 115 Å². The molecule has 1 atom stereocenters. The van der Waals surface area contributed by atoms with E-state index in [1.807, 2.05) is 18.7 Å². The fourth-order valence-corrected chi connectivity index (χ4v) is 2.21. The molecule has 1 rings (SSSR count). The molecule has 0 fully saturated rings. The minimum absolute atomic E-state index is 0.619. The largest absolute Gasteiger partial charge is 0.383 e. The molecule has 1 heterocycles. The molecule has 104 valence electrons. The van der Waals surface area contributed by atoms with Crippen LogP contribution in [0.15, 0.2) is 0 Å². The summed E-state index contributed by atoms with van der Waals surface area (Å²) < 4.78 is 6.89. The molecule has 0 aliphatic heterocycles. The van der Waals surface area contributed by atoms with Crippen molar-refractivity contribution >= 4 is 11.6 Å². The lowest BCUT2D eigenvalue weighted by atomic mass is 10.0. The summed E-state index contributed by atoms with van der Waals surface area (Å²) in [5, 5.41) is 8.52. The summed E-state index contributed by atoms with van der Waals surface area (Å²) in [7, 11) is 3.67. The molecule has 4 nitrogen and oxygen atoms in total. The number of nitrogens with zero attached hydrogens (tertiary/aromatic N) is 2. The van der Waals surface area contributed by atoms with Gasteiger partial charge in [-0.15, -0.1) is 0 Å². The summed E-state index contributed by atoms with van der Waals surface area (Å²) in [6.07, 6.45) is 2.09. The van der Waals surface area contributed by atoms with Crippen LogP contribution in [-0.4, -0.2) is 36.6 Å². The van der Waals surface area contributed by atoms with Crippen LogP contribution in [0, 0.1) is 12.8 Å². The third kappa shape index (κ3) is 4.59. The molecule has 0 aromatic carbocycles. The fraction of sp³-hybridized carbons (Fsp3) is 0.769.